The quantitative estimate of drug-likeness (QED) is 0.748. The summed E-state index contributed by atoms with van der Waals surface area (Å²) in [5.74, 6) is -1.72. The summed E-state index contributed by atoms with van der Waals surface area (Å²) in [4.78, 5) is 22.7. The van der Waals surface area contributed by atoms with E-state index in [4.69, 9.17) is 5.73 Å². The van der Waals surface area contributed by atoms with E-state index in [0.717, 1.165) is 6.07 Å². The molecule has 2 amide bonds. The molecule has 0 unspecified atom stereocenters. The first-order valence-corrected chi connectivity index (χ1v) is 5.01. The largest absolute Gasteiger partial charge is 0.368 e. The molecule has 0 heterocycles. The highest BCUT2D eigenvalue weighted by atomic mass is 19.1. The molecule has 0 aliphatic carbocycles. The predicted molar refractivity (Wildman–Crippen MR) is 61.7 cm³/mol. The molecule has 5 heteroatoms. The Balaban J connectivity index is 2.77. The van der Waals surface area contributed by atoms with Crippen LogP contribution in [0.25, 0.3) is 0 Å². The van der Waals surface area contributed by atoms with Crippen molar-refractivity contribution in [2.75, 3.05) is 0 Å². The van der Waals surface area contributed by atoms with Crippen LogP contribution >= 0.6 is 0 Å². The lowest BCUT2D eigenvalue weighted by Gasteiger charge is -2.13. The van der Waals surface area contributed by atoms with Gasteiger partial charge in [0.25, 0.3) is 5.91 Å². The fraction of sp³-hybridized carbons (Fsp3) is 0.167. The lowest BCUT2D eigenvalue weighted by molar-refractivity contribution is -0.119. The third-order valence-corrected chi connectivity index (χ3v) is 2.14. The van der Waals surface area contributed by atoms with Crippen LogP contribution in [0.4, 0.5) is 4.39 Å². The molecule has 0 saturated carbocycles. The van der Waals surface area contributed by atoms with Crippen LogP contribution < -0.4 is 11.1 Å². The number of hydrogen-bond donors (Lipinski definition) is 2. The van der Waals surface area contributed by atoms with Gasteiger partial charge in [0.2, 0.25) is 5.91 Å². The van der Waals surface area contributed by atoms with Crippen molar-refractivity contribution in [3.63, 3.8) is 0 Å². The Kier molecular flexibility index (Phi) is 4.39. The van der Waals surface area contributed by atoms with Gasteiger partial charge in [-0.15, -0.1) is 6.58 Å². The molecule has 17 heavy (non-hydrogen) atoms. The fourth-order valence-electron chi connectivity index (χ4n) is 1.28. The van der Waals surface area contributed by atoms with Crippen molar-refractivity contribution in [2.24, 2.45) is 5.73 Å². The molecule has 4 nitrogen and oxygen atoms in total. The molecule has 0 aromatic heterocycles. The molecule has 0 saturated heterocycles. The fourth-order valence-corrected chi connectivity index (χ4v) is 1.28. The molecule has 0 aliphatic heterocycles. The maximum atomic E-state index is 12.9. The van der Waals surface area contributed by atoms with Gasteiger partial charge in [0, 0.05) is 5.56 Å². The van der Waals surface area contributed by atoms with Crippen molar-refractivity contribution in [3.05, 3.63) is 48.3 Å². The molecule has 0 aliphatic rings. The van der Waals surface area contributed by atoms with Gasteiger partial charge in [-0.2, -0.15) is 0 Å². The zero-order valence-electron chi connectivity index (χ0n) is 9.15. The number of benzene rings is 1. The topological polar surface area (TPSA) is 72.2 Å². The summed E-state index contributed by atoms with van der Waals surface area (Å²) < 4.78 is 12.9. The zero-order chi connectivity index (χ0) is 12.8. The second-order valence-corrected chi connectivity index (χ2v) is 3.46. The minimum atomic E-state index is -0.830. The van der Waals surface area contributed by atoms with Gasteiger partial charge in [0.05, 0.1) is 0 Å². The first-order chi connectivity index (χ1) is 8.04. The van der Waals surface area contributed by atoms with Crippen LogP contribution in [-0.4, -0.2) is 17.9 Å². The molecule has 90 valence electrons. The number of hydrogen-bond acceptors (Lipinski definition) is 2. The van der Waals surface area contributed by atoms with Crippen molar-refractivity contribution in [2.45, 2.75) is 12.5 Å². The average Bonchev–Trinajstić information content (AvgIpc) is 2.28. The molecule has 1 aromatic rings. The van der Waals surface area contributed by atoms with E-state index in [-0.39, 0.29) is 12.0 Å². The molecule has 1 aromatic carbocycles. The standard InChI is InChI=1S/C12H13FN2O2/c1-2-4-10(11(14)16)15-12(17)8-5-3-6-9(13)7-8/h2-3,5-7,10H,1,4H2,(H2,14,16)(H,15,17)/t10-/m0/s1. The van der Waals surface area contributed by atoms with Crippen LogP contribution in [0.15, 0.2) is 36.9 Å². The Morgan fingerprint density at radius 1 is 1.53 bits per heavy atom. The highest BCUT2D eigenvalue weighted by Gasteiger charge is 2.17. The van der Waals surface area contributed by atoms with Gasteiger partial charge in [-0.1, -0.05) is 12.1 Å². The molecular weight excluding hydrogens is 223 g/mol. The van der Waals surface area contributed by atoms with Gasteiger partial charge in [-0.25, -0.2) is 4.39 Å². The van der Waals surface area contributed by atoms with Gasteiger partial charge in [-0.3, -0.25) is 9.59 Å². The van der Waals surface area contributed by atoms with Gasteiger partial charge in [-0.05, 0) is 24.6 Å². The van der Waals surface area contributed by atoms with E-state index in [1.165, 1.54) is 24.3 Å². The first kappa shape index (κ1) is 12.9. The lowest BCUT2D eigenvalue weighted by Crippen LogP contribution is -2.44. The van der Waals surface area contributed by atoms with Crippen molar-refractivity contribution in [1.29, 1.82) is 0 Å². The zero-order valence-corrected chi connectivity index (χ0v) is 9.15. The van der Waals surface area contributed by atoms with Gasteiger partial charge < -0.3 is 11.1 Å². The molecule has 0 radical (unpaired) electrons. The maximum Gasteiger partial charge on any atom is 0.252 e. The van der Waals surface area contributed by atoms with E-state index in [0.29, 0.717) is 0 Å². The van der Waals surface area contributed by atoms with Crippen molar-refractivity contribution < 1.29 is 14.0 Å². The number of carbonyl (C=O) groups is 2. The molecule has 0 bridgehead atoms. The summed E-state index contributed by atoms with van der Waals surface area (Å²) in [6.07, 6.45) is 1.71. The smallest absolute Gasteiger partial charge is 0.252 e. The number of halogens is 1. The summed E-state index contributed by atoms with van der Waals surface area (Å²) >= 11 is 0. The van der Waals surface area contributed by atoms with Gasteiger partial charge >= 0.3 is 0 Å². The Bertz CT molecular complexity index is 446. The number of primary amides is 1. The van der Waals surface area contributed by atoms with E-state index in [1.54, 1.807) is 0 Å². The van der Waals surface area contributed by atoms with Gasteiger partial charge in [0.15, 0.2) is 0 Å². The Labute approximate surface area is 98.3 Å². The van der Waals surface area contributed by atoms with E-state index in [9.17, 15) is 14.0 Å². The predicted octanol–water partition coefficient (Wildman–Crippen LogP) is 0.985. The minimum Gasteiger partial charge on any atom is -0.368 e. The average molecular weight is 236 g/mol. The van der Waals surface area contributed by atoms with Crippen LogP contribution in [0.3, 0.4) is 0 Å². The maximum absolute atomic E-state index is 12.9. The monoisotopic (exact) mass is 236 g/mol. The minimum absolute atomic E-state index is 0.139. The Morgan fingerprint density at radius 2 is 2.24 bits per heavy atom. The molecule has 1 atom stereocenters. The third kappa shape index (κ3) is 3.71. The third-order valence-electron chi connectivity index (χ3n) is 2.14. The highest BCUT2D eigenvalue weighted by Crippen LogP contribution is 2.04. The molecule has 3 N–H and O–H groups in total. The number of nitrogens with one attached hydrogen (secondary N) is 1. The van der Waals surface area contributed by atoms with Crippen molar-refractivity contribution in [1.82, 2.24) is 5.32 Å². The molecule has 0 fully saturated rings. The first-order valence-electron chi connectivity index (χ1n) is 5.01. The number of nitrogens with two attached hydrogens (primary N) is 1. The molecule has 1 rings (SSSR count). The van der Waals surface area contributed by atoms with E-state index in [1.807, 2.05) is 0 Å². The number of rotatable bonds is 5. The van der Waals surface area contributed by atoms with E-state index >= 15 is 0 Å². The normalized spacial score (nSPS) is 11.6. The second kappa shape index (κ2) is 5.79. The number of carbonyl (C=O) groups excluding carboxylic acids is 2. The second-order valence-electron chi connectivity index (χ2n) is 3.46. The van der Waals surface area contributed by atoms with E-state index in [2.05, 4.69) is 11.9 Å². The summed E-state index contributed by atoms with van der Waals surface area (Å²) in [5.41, 5.74) is 5.24. The van der Waals surface area contributed by atoms with Crippen LogP contribution in [0.5, 0.6) is 0 Å². The van der Waals surface area contributed by atoms with Crippen LogP contribution in [0.1, 0.15) is 16.8 Å². The Hall–Kier alpha value is -2.17. The summed E-state index contributed by atoms with van der Waals surface area (Å²) in [5, 5.41) is 2.41. The van der Waals surface area contributed by atoms with Gasteiger partial charge in [0.1, 0.15) is 11.9 Å². The SMILES string of the molecule is C=CC[C@H](NC(=O)c1cccc(F)c1)C(N)=O. The number of amides is 2. The Morgan fingerprint density at radius 3 is 2.76 bits per heavy atom. The van der Waals surface area contributed by atoms with Crippen LogP contribution in [0, 0.1) is 5.82 Å². The highest BCUT2D eigenvalue weighted by molar-refractivity contribution is 5.97. The summed E-state index contributed by atoms with van der Waals surface area (Å²) in [6, 6.07) is 4.35. The van der Waals surface area contributed by atoms with Crippen molar-refractivity contribution >= 4 is 11.8 Å². The van der Waals surface area contributed by atoms with Crippen LogP contribution in [0.2, 0.25) is 0 Å². The molecule has 0 spiro atoms. The van der Waals surface area contributed by atoms with Crippen LogP contribution in [-0.2, 0) is 4.79 Å². The van der Waals surface area contributed by atoms with Crippen molar-refractivity contribution in [3.8, 4) is 0 Å². The summed E-state index contributed by atoms with van der Waals surface area (Å²) in [7, 11) is 0. The lowest BCUT2D eigenvalue weighted by atomic mass is 10.1. The van der Waals surface area contributed by atoms with E-state index < -0.39 is 23.7 Å². The molecular formula is C12H13FN2O2. The summed E-state index contributed by atoms with van der Waals surface area (Å²) in [6.45, 7) is 3.46.